The Morgan fingerprint density at radius 2 is 2.18 bits per heavy atom. The van der Waals surface area contributed by atoms with E-state index in [-0.39, 0.29) is 0 Å². The third-order valence-electron chi connectivity index (χ3n) is 2.71. The highest BCUT2D eigenvalue weighted by molar-refractivity contribution is 7.71. The quantitative estimate of drug-likeness (QED) is 0.657. The normalized spacial score (nSPS) is 10.9. The SMILES string of the molecule is COCCCn1c(=S)[nH]c2cc(OC)ccc21. The van der Waals surface area contributed by atoms with Gasteiger partial charge in [-0.2, -0.15) is 0 Å². The van der Waals surface area contributed by atoms with Crippen LogP contribution in [0.3, 0.4) is 0 Å². The van der Waals surface area contributed by atoms with Gasteiger partial charge in [-0.1, -0.05) is 0 Å². The fourth-order valence-electron chi connectivity index (χ4n) is 1.86. The third kappa shape index (κ3) is 2.50. The number of benzene rings is 1. The number of fused-ring (bicyclic) bond motifs is 1. The number of nitrogens with one attached hydrogen (secondary N) is 1. The second-order valence-corrected chi connectivity index (χ2v) is 4.20. The van der Waals surface area contributed by atoms with Crippen LogP contribution in [0, 0.1) is 4.77 Å². The minimum absolute atomic E-state index is 0.740. The largest absolute Gasteiger partial charge is 0.497 e. The molecule has 1 N–H and O–H groups in total. The number of rotatable bonds is 5. The Balaban J connectivity index is 2.35. The van der Waals surface area contributed by atoms with Gasteiger partial charge in [-0.25, -0.2) is 0 Å². The molecule has 4 nitrogen and oxygen atoms in total. The summed E-state index contributed by atoms with van der Waals surface area (Å²) in [6, 6.07) is 5.92. The van der Waals surface area contributed by atoms with E-state index < -0.39 is 0 Å². The van der Waals surface area contributed by atoms with Crippen molar-refractivity contribution in [1.29, 1.82) is 0 Å². The van der Waals surface area contributed by atoms with Crippen molar-refractivity contribution in [2.45, 2.75) is 13.0 Å². The highest BCUT2D eigenvalue weighted by atomic mass is 32.1. The van der Waals surface area contributed by atoms with E-state index in [9.17, 15) is 0 Å². The maximum atomic E-state index is 5.31. The zero-order valence-corrected chi connectivity index (χ0v) is 10.8. The van der Waals surface area contributed by atoms with Crippen LogP contribution in [-0.2, 0) is 11.3 Å². The summed E-state index contributed by atoms with van der Waals surface area (Å²) < 4.78 is 13.1. The van der Waals surface area contributed by atoms with Crippen molar-refractivity contribution < 1.29 is 9.47 Å². The molecule has 0 atom stereocenters. The number of imidazole rings is 1. The molecule has 0 saturated heterocycles. The van der Waals surface area contributed by atoms with Crippen LogP contribution in [0.4, 0.5) is 0 Å². The summed E-state index contributed by atoms with van der Waals surface area (Å²) >= 11 is 5.31. The van der Waals surface area contributed by atoms with Gasteiger partial charge in [0, 0.05) is 26.3 Å². The van der Waals surface area contributed by atoms with Crippen LogP contribution in [0.2, 0.25) is 0 Å². The van der Waals surface area contributed by atoms with E-state index in [1.54, 1.807) is 14.2 Å². The molecule has 0 aliphatic heterocycles. The Kier molecular flexibility index (Phi) is 3.81. The van der Waals surface area contributed by atoms with Crippen molar-refractivity contribution in [2.75, 3.05) is 20.8 Å². The molecule has 0 aliphatic carbocycles. The number of hydrogen-bond donors (Lipinski definition) is 1. The van der Waals surface area contributed by atoms with Gasteiger partial charge in [0.2, 0.25) is 0 Å². The van der Waals surface area contributed by atoms with Crippen LogP contribution in [0.1, 0.15) is 6.42 Å². The van der Waals surface area contributed by atoms with Gasteiger partial charge in [-0.3, -0.25) is 0 Å². The third-order valence-corrected chi connectivity index (χ3v) is 3.03. The first kappa shape index (κ1) is 12.1. The van der Waals surface area contributed by atoms with Gasteiger partial charge in [-0.15, -0.1) is 0 Å². The zero-order chi connectivity index (χ0) is 12.3. The highest BCUT2D eigenvalue weighted by Crippen LogP contribution is 2.20. The lowest BCUT2D eigenvalue weighted by Crippen LogP contribution is -2.01. The van der Waals surface area contributed by atoms with Gasteiger partial charge < -0.3 is 19.0 Å². The number of aryl methyl sites for hydroxylation is 1. The van der Waals surface area contributed by atoms with Gasteiger partial charge in [0.1, 0.15) is 5.75 Å². The molecule has 0 amide bonds. The van der Waals surface area contributed by atoms with E-state index in [4.69, 9.17) is 21.7 Å². The second kappa shape index (κ2) is 5.33. The summed E-state index contributed by atoms with van der Waals surface area (Å²) in [5.41, 5.74) is 2.11. The molecule has 0 aliphatic rings. The minimum atomic E-state index is 0.740. The summed E-state index contributed by atoms with van der Waals surface area (Å²) in [5, 5.41) is 0. The number of nitrogens with zero attached hydrogens (tertiary/aromatic N) is 1. The molecule has 0 radical (unpaired) electrons. The number of hydrogen-bond acceptors (Lipinski definition) is 3. The van der Waals surface area contributed by atoms with Crippen LogP contribution >= 0.6 is 12.2 Å². The maximum Gasteiger partial charge on any atom is 0.178 e. The zero-order valence-electron chi connectivity index (χ0n) is 10.0. The molecule has 1 heterocycles. The van der Waals surface area contributed by atoms with Crippen LogP contribution in [-0.4, -0.2) is 30.4 Å². The minimum Gasteiger partial charge on any atom is -0.497 e. The van der Waals surface area contributed by atoms with Crippen LogP contribution in [0.15, 0.2) is 18.2 Å². The molecular formula is C12H16N2O2S. The van der Waals surface area contributed by atoms with Gasteiger partial charge in [0.05, 0.1) is 18.1 Å². The lowest BCUT2D eigenvalue weighted by atomic mass is 10.3. The summed E-state index contributed by atoms with van der Waals surface area (Å²) in [4.78, 5) is 3.19. The standard InChI is InChI=1S/C12H16N2O2S/c1-15-7-3-6-14-11-5-4-9(16-2)8-10(11)13-12(14)17/h4-5,8H,3,6-7H2,1-2H3,(H,13,17). The van der Waals surface area contributed by atoms with Crippen molar-refractivity contribution in [2.24, 2.45) is 0 Å². The lowest BCUT2D eigenvalue weighted by Gasteiger charge is -2.04. The summed E-state index contributed by atoms with van der Waals surface area (Å²) in [5.74, 6) is 0.831. The van der Waals surface area contributed by atoms with Crippen molar-refractivity contribution in [1.82, 2.24) is 9.55 Å². The van der Waals surface area contributed by atoms with Gasteiger partial charge in [0.25, 0.3) is 0 Å². The molecule has 5 heteroatoms. The monoisotopic (exact) mass is 252 g/mol. The number of methoxy groups -OCH3 is 2. The number of aromatic amines is 1. The first-order chi connectivity index (χ1) is 8.26. The molecular weight excluding hydrogens is 236 g/mol. The summed E-state index contributed by atoms with van der Waals surface area (Å²) in [6.45, 7) is 1.60. The van der Waals surface area contributed by atoms with Crippen molar-refractivity contribution >= 4 is 23.3 Å². The van der Waals surface area contributed by atoms with Crippen molar-refractivity contribution in [3.8, 4) is 5.75 Å². The van der Waals surface area contributed by atoms with Gasteiger partial charge in [-0.05, 0) is 30.8 Å². The van der Waals surface area contributed by atoms with E-state index >= 15 is 0 Å². The number of H-pyrrole nitrogens is 1. The fourth-order valence-corrected chi connectivity index (χ4v) is 2.16. The Bertz CT molecular complexity index is 559. The predicted octanol–water partition coefficient (Wildman–Crippen LogP) is 2.74. The molecule has 92 valence electrons. The molecule has 0 saturated carbocycles. The van der Waals surface area contributed by atoms with E-state index in [0.717, 1.165) is 41.1 Å². The molecule has 2 rings (SSSR count). The molecule has 0 unspecified atom stereocenters. The van der Waals surface area contributed by atoms with E-state index in [1.807, 2.05) is 18.2 Å². The Morgan fingerprint density at radius 1 is 1.35 bits per heavy atom. The van der Waals surface area contributed by atoms with E-state index in [0.29, 0.717) is 0 Å². The maximum absolute atomic E-state index is 5.31. The number of ether oxygens (including phenoxy) is 2. The molecule has 0 fully saturated rings. The first-order valence-corrected chi connectivity index (χ1v) is 5.92. The second-order valence-electron chi connectivity index (χ2n) is 3.81. The Morgan fingerprint density at radius 3 is 2.88 bits per heavy atom. The molecule has 1 aromatic carbocycles. The lowest BCUT2D eigenvalue weighted by molar-refractivity contribution is 0.190. The Hall–Kier alpha value is -1.33. The van der Waals surface area contributed by atoms with E-state index in [2.05, 4.69) is 9.55 Å². The predicted molar refractivity (Wildman–Crippen MR) is 70.2 cm³/mol. The van der Waals surface area contributed by atoms with E-state index in [1.165, 1.54) is 0 Å². The first-order valence-electron chi connectivity index (χ1n) is 5.51. The van der Waals surface area contributed by atoms with Gasteiger partial charge >= 0.3 is 0 Å². The van der Waals surface area contributed by atoms with Crippen molar-refractivity contribution in [3.63, 3.8) is 0 Å². The average Bonchev–Trinajstić information content (AvgIpc) is 2.65. The molecule has 1 aromatic heterocycles. The van der Waals surface area contributed by atoms with Crippen LogP contribution < -0.4 is 4.74 Å². The topological polar surface area (TPSA) is 39.2 Å². The molecule has 17 heavy (non-hydrogen) atoms. The summed E-state index contributed by atoms with van der Waals surface area (Å²) in [6.07, 6.45) is 0.948. The molecule has 0 bridgehead atoms. The molecule has 2 aromatic rings. The van der Waals surface area contributed by atoms with Gasteiger partial charge in [0.15, 0.2) is 4.77 Å². The average molecular weight is 252 g/mol. The highest BCUT2D eigenvalue weighted by Gasteiger charge is 2.05. The van der Waals surface area contributed by atoms with Crippen LogP contribution in [0.5, 0.6) is 5.75 Å². The van der Waals surface area contributed by atoms with Crippen LogP contribution in [0.25, 0.3) is 11.0 Å². The van der Waals surface area contributed by atoms with Crippen molar-refractivity contribution in [3.05, 3.63) is 23.0 Å². The number of aromatic nitrogens is 2. The fraction of sp³-hybridized carbons (Fsp3) is 0.417. The Labute approximate surface area is 105 Å². The summed E-state index contributed by atoms with van der Waals surface area (Å²) in [7, 11) is 3.37. The smallest absolute Gasteiger partial charge is 0.178 e. The molecule has 0 spiro atoms.